The number of halogens is 1. The number of hydrogen-bond donors (Lipinski definition) is 5. The number of alkyl halides is 1. The molecule has 2 amide bonds. The third-order valence-corrected chi connectivity index (χ3v) is 9.68. The van der Waals surface area contributed by atoms with Crippen LogP contribution in [0, 0.1) is 0 Å². The standard InChI is InChI=1S/C17H17NO3.C11H13NO3.C8H11NO.2C7H9NO.C3H8.10C2H6.CH3Br/c1-18-14-9-5-6-10-15(14)21-16(17(18)19)11-12-20-13-7-3-2-4-8-13;1-12-8-4-2-3-5-9(8)15-10(6-7-13)11(12)14;1-9-7-5-3-4-6-8(7)10-2;1-9-7-5-3-2-4-6(7)8;1-8-6-4-2-3-5-7(6)9;1-3-2;11*1-2/h2-10,16H,11-12H2,1H3;2-5,10,13H,6-7H2,1H3;3-6,9H,1-2H3;2-5H,8H2,1H3;2-5,8-9H,1H3;3H2,1-2H3;10*1-2H3;1H3. The minimum atomic E-state index is -0.560. The lowest BCUT2D eigenvalue weighted by molar-refractivity contribution is -0.127. The van der Waals surface area contributed by atoms with Gasteiger partial charge in [-0.05, 0) is 78.6 Å². The highest BCUT2D eigenvalue weighted by Gasteiger charge is 2.32. The molecule has 0 aromatic heterocycles. The Morgan fingerprint density at radius 1 is 0.483 bits per heavy atom. The van der Waals surface area contributed by atoms with Crippen molar-refractivity contribution in [2.24, 2.45) is 0 Å². The van der Waals surface area contributed by atoms with Crippen molar-refractivity contribution in [3.8, 4) is 34.5 Å². The Morgan fingerprint density at radius 3 is 1.15 bits per heavy atom. The number of benzene rings is 6. The minimum Gasteiger partial charge on any atom is -0.506 e. The number of hydrogen-bond acceptors (Lipinski definition) is 12. The molecule has 8 rings (SSSR count). The van der Waals surface area contributed by atoms with E-state index < -0.39 is 12.2 Å². The van der Waals surface area contributed by atoms with Crippen LogP contribution in [0.1, 0.15) is 172 Å². The van der Waals surface area contributed by atoms with Crippen molar-refractivity contribution in [1.29, 1.82) is 0 Å². The van der Waals surface area contributed by atoms with Crippen LogP contribution in [0.4, 0.5) is 28.4 Å². The normalized spacial score (nSPS) is 11.1. The maximum absolute atomic E-state index is 12.3. The fourth-order valence-electron chi connectivity index (χ4n) is 6.23. The van der Waals surface area contributed by atoms with E-state index in [-0.39, 0.29) is 18.4 Å². The second-order valence-corrected chi connectivity index (χ2v) is 14.6. The number of carbonyl (C=O) groups is 2. The summed E-state index contributed by atoms with van der Waals surface area (Å²) in [4.78, 5) is 27.3. The Bertz CT molecular complexity index is 2300. The van der Waals surface area contributed by atoms with Crippen molar-refractivity contribution in [3.05, 3.63) is 152 Å². The number of phenolic OH excluding ortho intramolecular Hbond substituents is 1. The lowest BCUT2D eigenvalue weighted by Gasteiger charge is -2.31. The van der Waals surface area contributed by atoms with Crippen molar-refractivity contribution in [2.45, 2.75) is 184 Å². The van der Waals surface area contributed by atoms with E-state index >= 15 is 0 Å². The number of para-hydroxylation sites is 11. The zero-order chi connectivity index (χ0) is 71.0. The fraction of sp³-hybridized carbons (Fsp3) is 0.486. The molecule has 2 atom stereocenters. The summed E-state index contributed by atoms with van der Waals surface area (Å²) in [5, 5.41) is 23.7. The van der Waals surface area contributed by atoms with E-state index in [1.54, 1.807) is 63.4 Å². The van der Waals surface area contributed by atoms with Gasteiger partial charge in [0, 0.05) is 47.6 Å². The van der Waals surface area contributed by atoms with Gasteiger partial charge in [-0.1, -0.05) is 254 Å². The highest BCUT2D eigenvalue weighted by Crippen LogP contribution is 2.34. The molecule has 0 saturated carbocycles. The van der Waals surface area contributed by atoms with Crippen molar-refractivity contribution < 1.29 is 43.5 Å². The Morgan fingerprint density at radius 2 is 0.809 bits per heavy atom. The molecule has 0 radical (unpaired) electrons. The van der Waals surface area contributed by atoms with Gasteiger partial charge in [0.15, 0.2) is 12.2 Å². The van der Waals surface area contributed by atoms with Gasteiger partial charge in [0.2, 0.25) is 0 Å². The molecule has 2 heterocycles. The second-order valence-electron chi connectivity index (χ2n) is 14.6. The number of nitrogens with one attached hydrogen (secondary N) is 2. The Balaban J connectivity index is -0.000000121. The van der Waals surface area contributed by atoms with E-state index in [2.05, 4.69) is 40.4 Å². The predicted octanol–water partition coefficient (Wildman–Crippen LogP) is 20.8. The molecular weight excluding hydrogens is 1180 g/mol. The maximum Gasteiger partial charge on any atom is 0.268 e. The van der Waals surface area contributed by atoms with E-state index in [0.29, 0.717) is 36.6 Å². The number of likely N-dealkylation sites (N-methyl/N-ethyl adjacent to an activating group) is 2. The summed E-state index contributed by atoms with van der Waals surface area (Å²) in [6, 6.07) is 46.8. The number of aliphatic hydroxyl groups excluding tert-OH is 1. The van der Waals surface area contributed by atoms with Crippen molar-refractivity contribution in [1.82, 2.24) is 0 Å². The number of methoxy groups -OCH3 is 2. The number of phenols is 1. The van der Waals surface area contributed by atoms with Crippen molar-refractivity contribution in [3.63, 3.8) is 0 Å². The van der Waals surface area contributed by atoms with Crippen LogP contribution < -0.4 is 49.9 Å². The van der Waals surface area contributed by atoms with Crippen molar-refractivity contribution >= 4 is 56.2 Å². The molecule has 2 aliphatic rings. The smallest absolute Gasteiger partial charge is 0.268 e. The number of nitrogen functional groups attached to an aromatic ring is 1. The Kier molecular flexibility index (Phi) is 89.4. The van der Waals surface area contributed by atoms with Gasteiger partial charge in [0.25, 0.3) is 11.8 Å². The number of aromatic hydroxyl groups is 1. The average Bonchev–Trinajstić information content (AvgIpc) is 2.30. The summed E-state index contributed by atoms with van der Waals surface area (Å²) in [6.45, 7) is 44.6. The van der Waals surface area contributed by atoms with E-state index in [1.165, 1.54) is 6.42 Å². The van der Waals surface area contributed by atoms with Crippen LogP contribution in [0.5, 0.6) is 34.5 Å². The number of aliphatic hydroxyl groups is 1. The van der Waals surface area contributed by atoms with Gasteiger partial charge >= 0.3 is 0 Å². The average molecular weight is 1310 g/mol. The Hall–Kier alpha value is -7.10. The van der Waals surface area contributed by atoms with Gasteiger partial charge in [-0.15, -0.1) is 0 Å². The topological polar surface area (TPSA) is 177 Å². The Labute approximate surface area is 554 Å². The lowest BCUT2D eigenvalue weighted by atomic mass is 10.1. The highest BCUT2D eigenvalue weighted by molar-refractivity contribution is 9.08. The number of nitrogens with zero attached hydrogens (tertiary/aromatic N) is 2. The first-order valence-electron chi connectivity index (χ1n) is 32.4. The number of fused-ring (bicyclic) bond motifs is 2. The first-order chi connectivity index (χ1) is 43.5. The molecule has 14 nitrogen and oxygen atoms in total. The maximum atomic E-state index is 12.3. The molecule has 2 unspecified atom stereocenters. The molecule has 0 bridgehead atoms. The first-order valence-corrected chi connectivity index (χ1v) is 33.9. The van der Waals surface area contributed by atoms with Crippen LogP contribution in [-0.2, 0) is 9.59 Å². The van der Waals surface area contributed by atoms with Crippen LogP contribution in [0.25, 0.3) is 0 Å². The SMILES string of the molecule is CBr.CC.CC.CC.CC.CC.CC.CC.CC.CC.CC.CCC.CN1C(=O)C(CCO)Oc2ccccc21.CN1C(=O)C(CCOc2ccccc2)Oc2ccccc21.CNc1ccccc1O.CNc1ccccc1OC.COc1ccccc1N. The predicted molar refractivity (Wildman–Crippen MR) is 399 cm³/mol. The van der Waals surface area contributed by atoms with Crippen LogP contribution in [-0.4, -0.2) is 95.7 Å². The molecule has 0 spiro atoms. The monoisotopic (exact) mass is 1310 g/mol. The molecule has 15 heteroatoms. The molecule has 6 aromatic rings. The minimum absolute atomic E-state index is 0.0367. The van der Waals surface area contributed by atoms with Gasteiger partial charge in [0.1, 0.15) is 34.5 Å². The number of anilines is 5. The number of amides is 2. The van der Waals surface area contributed by atoms with Gasteiger partial charge in [-0.3, -0.25) is 9.59 Å². The highest BCUT2D eigenvalue weighted by atomic mass is 79.9. The molecule has 0 fully saturated rings. The molecule has 512 valence electrons. The molecule has 0 saturated heterocycles. The third kappa shape index (κ3) is 45.8. The van der Waals surface area contributed by atoms with Gasteiger partial charge in [0.05, 0.1) is 49.3 Å². The summed E-state index contributed by atoms with van der Waals surface area (Å²) < 4.78 is 26.9. The van der Waals surface area contributed by atoms with Crippen molar-refractivity contribution in [2.75, 3.05) is 87.6 Å². The molecule has 89 heavy (non-hydrogen) atoms. The molecule has 0 aliphatic carbocycles. The van der Waals surface area contributed by atoms with Gasteiger partial charge in [-0.2, -0.15) is 0 Å². The number of rotatable bonds is 10. The van der Waals surface area contributed by atoms with Gasteiger partial charge < -0.3 is 60.1 Å². The fourth-order valence-corrected chi connectivity index (χ4v) is 6.23. The second kappa shape index (κ2) is 78.9. The molecule has 6 aromatic carbocycles. The quantitative estimate of drug-likeness (QED) is 0.0499. The summed E-state index contributed by atoms with van der Waals surface area (Å²) in [5.41, 5.74) is 9.55. The number of ether oxygens (including phenoxy) is 5. The zero-order valence-electron chi connectivity index (χ0n) is 61.2. The van der Waals surface area contributed by atoms with E-state index in [1.807, 2.05) is 285 Å². The van der Waals surface area contributed by atoms with Gasteiger partial charge in [-0.25, -0.2) is 0 Å². The van der Waals surface area contributed by atoms with E-state index in [0.717, 1.165) is 45.7 Å². The first kappa shape index (κ1) is 101. The zero-order valence-corrected chi connectivity index (χ0v) is 62.8. The molecular formula is C74H130BrN5O9. The van der Waals surface area contributed by atoms with Crippen LogP contribution >= 0.6 is 15.9 Å². The third-order valence-electron chi connectivity index (χ3n) is 9.68. The molecule has 2 aliphatic heterocycles. The van der Waals surface area contributed by atoms with Crippen LogP contribution in [0.2, 0.25) is 0 Å². The largest absolute Gasteiger partial charge is 0.506 e. The summed E-state index contributed by atoms with van der Waals surface area (Å²) in [6.07, 6.45) is 1.05. The summed E-state index contributed by atoms with van der Waals surface area (Å²) in [7, 11) is 10.4. The van der Waals surface area contributed by atoms with E-state index in [9.17, 15) is 9.59 Å². The summed E-state index contributed by atoms with van der Waals surface area (Å²) >= 11 is 2.94. The molecule has 6 N–H and O–H groups in total. The number of nitrogens with two attached hydrogens (primary N) is 1. The van der Waals surface area contributed by atoms with Crippen LogP contribution in [0.15, 0.2) is 152 Å². The lowest BCUT2D eigenvalue weighted by Crippen LogP contribution is -2.44. The summed E-state index contributed by atoms with van der Waals surface area (Å²) in [5.74, 6) is 5.81. The van der Waals surface area contributed by atoms with Crippen LogP contribution in [0.3, 0.4) is 0 Å². The van der Waals surface area contributed by atoms with E-state index in [4.69, 9.17) is 39.6 Å². The number of carbonyl (C=O) groups excluding carboxylic acids is 2.